The number of carbonyl (C=O) groups is 1. The molecular formula is C17H17N3O2S2. The van der Waals surface area contributed by atoms with Crippen LogP contribution < -0.4 is 4.73 Å². The molecule has 0 N–H and O–H groups in total. The monoisotopic (exact) mass is 359 g/mol. The molecule has 0 spiro atoms. The van der Waals surface area contributed by atoms with Crippen LogP contribution in [0.2, 0.25) is 0 Å². The Morgan fingerprint density at radius 3 is 2.83 bits per heavy atom. The van der Waals surface area contributed by atoms with Crippen molar-refractivity contribution in [2.45, 2.75) is 18.0 Å². The van der Waals surface area contributed by atoms with Crippen LogP contribution in [0.25, 0.3) is 10.2 Å². The fraction of sp³-hybridized carbons (Fsp3) is 0.235. The molecule has 1 amide bonds. The number of amides is 1. The zero-order valence-electron chi connectivity index (χ0n) is 13.4. The van der Waals surface area contributed by atoms with Gasteiger partial charge in [0.25, 0.3) is 5.03 Å². The molecule has 0 unspecified atom stereocenters. The second kappa shape index (κ2) is 7.19. The fourth-order valence-electron chi connectivity index (χ4n) is 2.21. The Morgan fingerprint density at radius 2 is 2.08 bits per heavy atom. The highest BCUT2D eigenvalue weighted by Crippen LogP contribution is 2.29. The van der Waals surface area contributed by atoms with Crippen LogP contribution in [0.15, 0.2) is 53.7 Å². The first-order valence-electron chi connectivity index (χ1n) is 7.48. The van der Waals surface area contributed by atoms with Gasteiger partial charge in [0.2, 0.25) is 5.91 Å². The molecule has 0 bridgehead atoms. The van der Waals surface area contributed by atoms with Gasteiger partial charge in [-0.2, -0.15) is 4.73 Å². The van der Waals surface area contributed by atoms with Gasteiger partial charge in [0, 0.05) is 19.2 Å². The van der Waals surface area contributed by atoms with Gasteiger partial charge < -0.3 is 10.1 Å². The Balaban J connectivity index is 1.67. The van der Waals surface area contributed by atoms with E-state index in [-0.39, 0.29) is 17.7 Å². The smallest absolute Gasteiger partial charge is 0.251 e. The highest BCUT2D eigenvalue weighted by atomic mass is 32.2. The summed E-state index contributed by atoms with van der Waals surface area (Å²) in [4.78, 5) is 18.7. The summed E-state index contributed by atoms with van der Waals surface area (Å²) in [5.41, 5.74) is 0.955. The molecule has 0 aliphatic heterocycles. The van der Waals surface area contributed by atoms with E-state index in [1.807, 2.05) is 31.2 Å². The van der Waals surface area contributed by atoms with E-state index in [1.165, 1.54) is 18.0 Å². The lowest BCUT2D eigenvalue weighted by Crippen LogP contribution is -2.32. The van der Waals surface area contributed by atoms with Crippen LogP contribution in [0.5, 0.6) is 0 Å². The zero-order valence-corrected chi connectivity index (χ0v) is 15.0. The maximum atomic E-state index is 12.4. The maximum absolute atomic E-state index is 12.4. The van der Waals surface area contributed by atoms with Crippen molar-refractivity contribution in [1.82, 2.24) is 9.88 Å². The summed E-state index contributed by atoms with van der Waals surface area (Å²) in [6, 6.07) is 13.0. The van der Waals surface area contributed by atoms with E-state index >= 15 is 0 Å². The second-order valence-electron chi connectivity index (χ2n) is 5.35. The Bertz CT molecular complexity index is 833. The third-order valence-corrected chi connectivity index (χ3v) is 5.98. The molecule has 124 valence electrons. The predicted molar refractivity (Wildman–Crippen MR) is 96.9 cm³/mol. The van der Waals surface area contributed by atoms with Crippen molar-refractivity contribution >= 4 is 39.2 Å². The Kier molecular flexibility index (Phi) is 5.01. The average Bonchev–Trinajstić information content (AvgIpc) is 3.03. The van der Waals surface area contributed by atoms with Gasteiger partial charge in [0.1, 0.15) is 5.01 Å². The van der Waals surface area contributed by atoms with Crippen LogP contribution in [0.4, 0.5) is 0 Å². The molecule has 1 aromatic carbocycles. The average molecular weight is 359 g/mol. The number of benzene rings is 1. The number of aromatic nitrogens is 2. The largest absolute Gasteiger partial charge is 0.618 e. The minimum absolute atomic E-state index is 0.0318. The minimum atomic E-state index is -0.106. The van der Waals surface area contributed by atoms with Gasteiger partial charge in [-0.3, -0.25) is 4.79 Å². The molecule has 0 radical (unpaired) electrons. The standard InChI is InChI=1S/C17H17N3O2S2/c1-12(17-18-13-7-3-4-8-14(13)24-17)19(2)15(21)11-23-16-9-5-6-10-20(16)22/h3-10,12H,11H2,1-2H3/t12-/m0/s1. The molecule has 3 aromatic rings. The van der Waals surface area contributed by atoms with E-state index < -0.39 is 0 Å². The summed E-state index contributed by atoms with van der Waals surface area (Å²) in [6.07, 6.45) is 1.43. The lowest BCUT2D eigenvalue weighted by Gasteiger charge is -2.22. The van der Waals surface area contributed by atoms with Crippen molar-refractivity contribution in [1.29, 1.82) is 0 Å². The van der Waals surface area contributed by atoms with E-state index in [4.69, 9.17) is 0 Å². The third-order valence-electron chi connectivity index (χ3n) is 3.77. The minimum Gasteiger partial charge on any atom is -0.618 e. The molecular weight excluding hydrogens is 342 g/mol. The molecule has 0 saturated heterocycles. The van der Waals surface area contributed by atoms with Gasteiger partial charge in [0.05, 0.1) is 22.0 Å². The van der Waals surface area contributed by atoms with Crippen LogP contribution in [0, 0.1) is 5.21 Å². The molecule has 7 heteroatoms. The number of pyridine rings is 1. The maximum Gasteiger partial charge on any atom is 0.251 e. The highest BCUT2D eigenvalue weighted by molar-refractivity contribution is 7.99. The Hall–Kier alpha value is -2.12. The summed E-state index contributed by atoms with van der Waals surface area (Å²) >= 11 is 2.85. The predicted octanol–water partition coefficient (Wildman–Crippen LogP) is 3.24. The van der Waals surface area contributed by atoms with Gasteiger partial charge in [0.15, 0.2) is 6.20 Å². The molecule has 24 heavy (non-hydrogen) atoms. The quantitative estimate of drug-likeness (QED) is 0.399. The van der Waals surface area contributed by atoms with Crippen molar-refractivity contribution in [2.24, 2.45) is 0 Å². The van der Waals surface area contributed by atoms with Crippen LogP contribution in [0.1, 0.15) is 18.0 Å². The highest BCUT2D eigenvalue weighted by Gasteiger charge is 2.21. The van der Waals surface area contributed by atoms with Crippen molar-refractivity contribution in [3.05, 3.63) is 58.9 Å². The molecule has 3 rings (SSSR count). The number of nitrogens with zero attached hydrogens (tertiary/aromatic N) is 3. The van der Waals surface area contributed by atoms with Crippen LogP contribution in [0.3, 0.4) is 0 Å². The van der Waals surface area contributed by atoms with E-state index in [2.05, 4.69) is 4.98 Å². The van der Waals surface area contributed by atoms with Gasteiger partial charge in [-0.25, -0.2) is 4.98 Å². The number of carbonyl (C=O) groups excluding carboxylic acids is 1. The van der Waals surface area contributed by atoms with Gasteiger partial charge >= 0.3 is 0 Å². The number of rotatable bonds is 5. The normalized spacial score (nSPS) is 12.2. The molecule has 2 heterocycles. The third kappa shape index (κ3) is 3.52. The number of hydrogen-bond donors (Lipinski definition) is 0. The summed E-state index contributed by atoms with van der Waals surface area (Å²) in [7, 11) is 1.77. The van der Waals surface area contributed by atoms with E-state index in [0.29, 0.717) is 5.03 Å². The molecule has 0 fully saturated rings. The van der Waals surface area contributed by atoms with E-state index in [9.17, 15) is 10.0 Å². The Labute approximate surface area is 148 Å². The van der Waals surface area contributed by atoms with Crippen molar-refractivity contribution in [3.8, 4) is 0 Å². The van der Waals surface area contributed by atoms with Crippen LogP contribution in [-0.4, -0.2) is 28.6 Å². The SMILES string of the molecule is C[C@@H](c1nc2ccccc2s1)N(C)C(=O)CSc1cccc[n+]1[O-]. The lowest BCUT2D eigenvalue weighted by atomic mass is 10.3. The molecule has 5 nitrogen and oxygen atoms in total. The van der Waals surface area contributed by atoms with Gasteiger partial charge in [-0.05, 0) is 36.9 Å². The summed E-state index contributed by atoms with van der Waals surface area (Å²) in [5.74, 6) is 0.188. The topological polar surface area (TPSA) is 60.1 Å². The first-order chi connectivity index (χ1) is 11.6. The van der Waals surface area contributed by atoms with Crippen molar-refractivity contribution < 1.29 is 9.52 Å². The molecule has 2 aromatic heterocycles. The second-order valence-corrected chi connectivity index (χ2v) is 7.41. The fourth-order valence-corrected chi connectivity index (χ4v) is 4.11. The zero-order chi connectivity index (χ0) is 17.1. The lowest BCUT2D eigenvalue weighted by molar-refractivity contribution is -0.645. The number of fused-ring (bicyclic) bond motifs is 1. The van der Waals surface area contributed by atoms with Gasteiger partial charge in [-0.1, -0.05) is 12.1 Å². The Morgan fingerprint density at radius 1 is 1.33 bits per heavy atom. The van der Waals surface area contributed by atoms with Crippen molar-refractivity contribution in [2.75, 3.05) is 12.8 Å². The van der Waals surface area contributed by atoms with Gasteiger partial charge in [-0.15, -0.1) is 11.3 Å². The van der Waals surface area contributed by atoms with E-state index in [1.54, 1.807) is 41.5 Å². The number of para-hydroxylation sites is 1. The molecule has 0 aliphatic rings. The number of thiazole rings is 1. The first kappa shape index (κ1) is 16.7. The molecule has 1 atom stereocenters. The summed E-state index contributed by atoms with van der Waals surface area (Å²) < 4.78 is 1.89. The molecule has 0 aliphatic carbocycles. The summed E-state index contributed by atoms with van der Waals surface area (Å²) in [5, 5.41) is 13.1. The number of thioether (sulfide) groups is 1. The van der Waals surface area contributed by atoms with Crippen LogP contribution in [-0.2, 0) is 4.79 Å². The summed E-state index contributed by atoms with van der Waals surface area (Å²) in [6.45, 7) is 1.97. The number of hydrogen-bond acceptors (Lipinski definition) is 5. The van der Waals surface area contributed by atoms with E-state index in [0.717, 1.165) is 20.0 Å². The van der Waals surface area contributed by atoms with Crippen LogP contribution >= 0.6 is 23.1 Å². The van der Waals surface area contributed by atoms with Crippen molar-refractivity contribution in [3.63, 3.8) is 0 Å². The molecule has 0 saturated carbocycles. The first-order valence-corrected chi connectivity index (χ1v) is 9.28.